The molecule has 1 fully saturated rings. The van der Waals surface area contributed by atoms with Crippen LogP contribution in [0, 0.1) is 5.92 Å². The van der Waals surface area contributed by atoms with Crippen LogP contribution in [-0.4, -0.2) is 21.6 Å². The standard InChI is InChI=1S/C10H12OS.C9H16O/c1-7-6-12-9-5-3-2-4-8(9)10(7)11;1-2-6-9(10)7-4-3-5-8-9/h2-5,7,10-11H,6H2,1H3;2,10H,1,3-8H2. The van der Waals surface area contributed by atoms with Crippen LogP contribution in [0.1, 0.15) is 57.1 Å². The molecule has 1 aromatic carbocycles. The molecular formula is C19H28O2S. The van der Waals surface area contributed by atoms with Crippen LogP contribution in [0.3, 0.4) is 0 Å². The summed E-state index contributed by atoms with van der Waals surface area (Å²) in [5.41, 5.74) is 0.709. The molecule has 0 aromatic heterocycles. The third-order valence-electron chi connectivity index (χ3n) is 4.59. The van der Waals surface area contributed by atoms with E-state index >= 15 is 0 Å². The number of aliphatic hydroxyl groups is 2. The average molecular weight is 320 g/mol. The van der Waals surface area contributed by atoms with E-state index in [2.05, 4.69) is 19.6 Å². The van der Waals surface area contributed by atoms with Gasteiger partial charge in [-0.2, -0.15) is 0 Å². The average Bonchev–Trinajstić information content (AvgIpc) is 2.53. The molecule has 2 N–H and O–H groups in total. The summed E-state index contributed by atoms with van der Waals surface area (Å²) in [4.78, 5) is 1.24. The van der Waals surface area contributed by atoms with Gasteiger partial charge in [-0.3, -0.25) is 0 Å². The van der Waals surface area contributed by atoms with Crippen molar-refractivity contribution in [3.05, 3.63) is 42.5 Å². The molecule has 0 radical (unpaired) electrons. The minimum Gasteiger partial charge on any atom is -0.390 e. The van der Waals surface area contributed by atoms with Crippen LogP contribution in [0.2, 0.25) is 0 Å². The molecule has 1 aliphatic heterocycles. The second kappa shape index (κ2) is 8.19. The summed E-state index contributed by atoms with van der Waals surface area (Å²) in [5.74, 6) is 1.41. The predicted molar refractivity (Wildman–Crippen MR) is 94.1 cm³/mol. The Morgan fingerprint density at radius 3 is 2.64 bits per heavy atom. The molecule has 2 aliphatic rings. The van der Waals surface area contributed by atoms with Crippen molar-refractivity contribution in [3.8, 4) is 0 Å². The Bertz CT molecular complexity index is 480. The summed E-state index contributed by atoms with van der Waals surface area (Å²) in [7, 11) is 0. The molecule has 1 aromatic rings. The van der Waals surface area contributed by atoms with Crippen molar-refractivity contribution in [2.24, 2.45) is 5.92 Å². The Kier molecular flexibility index (Phi) is 6.54. The first-order valence-corrected chi connectivity index (χ1v) is 9.27. The number of rotatable bonds is 2. The molecule has 3 heteroatoms. The highest BCUT2D eigenvalue weighted by Gasteiger charge is 2.27. The number of hydrogen-bond donors (Lipinski definition) is 2. The molecule has 0 saturated heterocycles. The number of thioether (sulfide) groups is 1. The Hall–Kier alpha value is -0.770. The van der Waals surface area contributed by atoms with Crippen LogP contribution in [0.5, 0.6) is 0 Å². The van der Waals surface area contributed by atoms with Gasteiger partial charge in [0.05, 0.1) is 11.7 Å². The quantitative estimate of drug-likeness (QED) is 0.775. The fourth-order valence-corrected chi connectivity index (χ4v) is 4.31. The molecular weight excluding hydrogens is 292 g/mol. The van der Waals surface area contributed by atoms with Crippen molar-refractivity contribution in [3.63, 3.8) is 0 Å². The third-order valence-corrected chi connectivity index (χ3v) is 5.96. The van der Waals surface area contributed by atoms with E-state index in [-0.39, 0.29) is 11.7 Å². The van der Waals surface area contributed by atoms with Crippen molar-refractivity contribution in [1.82, 2.24) is 0 Å². The van der Waals surface area contributed by atoms with E-state index in [4.69, 9.17) is 0 Å². The van der Waals surface area contributed by atoms with Gasteiger partial charge in [-0.05, 0) is 36.8 Å². The molecule has 122 valence electrons. The van der Waals surface area contributed by atoms with Gasteiger partial charge in [0.1, 0.15) is 0 Å². The smallest absolute Gasteiger partial charge is 0.0834 e. The minimum atomic E-state index is -0.389. The lowest BCUT2D eigenvalue weighted by molar-refractivity contribution is 0.00703. The topological polar surface area (TPSA) is 40.5 Å². The molecule has 2 atom stereocenters. The van der Waals surface area contributed by atoms with Crippen molar-refractivity contribution in [1.29, 1.82) is 0 Å². The van der Waals surface area contributed by atoms with Crippen LogP contribution in [0.4, 0.5) is 0 Å². The predicted octanol–water partition coefficient (Wildman–Crippen LogP) is 4.72. The van der Waals surface area contributed by atoms with Gasteiger partial charge < -0.3 is 10.2 Å². The molecule has 3 rings (SSSR count). The number of hydrogen-bond acceptors (Lipinski definition) is 3. The lowest BCUT2D eigenvalue weighted by Gasteiger charge is -2.30. The van der Waals surface area contributed by atoms with Gasteiger partial charge in [-0.25, -0.2) is 0 Å². The maximum Gasteiger partial charge on any atom is 0.0834 e. The van der Waals surface area contributed by atoms with E-state index in [1.165, 1.54) is 24.2 Å². The fourth-order valence-electron chi connectivity index (χ4n) is 3.16. The third kappa shape index (κ3) is 4.61. The molecule has 0 amide bonds. The van der Waals surface area contributed by atoms with Gasteiger partial charge >= 0.3 is 0 Å². The van der Waals surface area contributed by atoms with Crippen LogP contribution in [0.25, 0.3) is 0 Å². The summed E-state index contributed by atoms with van der Waals surface area (Å²) in [6.45, 7) is 5.73. The first kappa shape index (κ1) is 17.6. The highest BCUT2D eigenvalue weighted by atomic mass is 32.2. The van der Waals surface area contributed by atoms with Crippen LogP contribution in [-0.2, 0) is 0 Å². The first-order valence-electron chi connectivity index (χ1n) is 8.29. The highest BCUT2D eigenvalue weighted by molar-refractivity contribution is 7.99. The van der Waals surface area contributed by atoms with Crippen molar-refractivity contribution in [2.75, 3.05) is 5.75 Å². The van der Waals surface area contributed by atoms with E-state index in [9.17, 15) is 10.2 Å². The number of aliphatic hydroxyl groups excluding tert-OH is 1. The van der Waals surface area contributed by atoms with Gasteiger partial charge in [0.25, 0.3) is 0 Å². The van der Waals surface area contributed by atoms with E-state index < -0.39 is 0 Å². The maximum atomic E-state index is 9.82. The van der Waals surface area contributed by atoms with Crippen molar-refractivity contribution in [2.45, 2.75) is 62.0 Å². The zero-order valence-electron chi connectivity index (χ0n) is 13.5. The highest BCUT2D eigenvalue weighted by Crippen LogP contribution is 2.38. The summed E-state index contributed by atoms with van der Waals surface area (Å²) in [5, 5.41) is 19.6. The molecule has 0 spiro atoms. The van der Waals surface area contributed by atoms with Gasteiger partial charge in [0.15, 0.2) is 0 Å². The van der Waals surface area contributed by atoms with Crippen molar-refractivity contribution < 1.29 is 10.2 Å². The largest absolute Gasteiger partial charge is 0.390 e. The van der Waals surface area contributed by atoms with E-state index in [1.807, 2.05) is 36.0 Å². The van der Waals surface area contributed by atoms with E-state index in [0.29, 0.717) is 5.92 Å². The summed E-state index contributed by atoms with van der Waals surface area (Å²) < 4.78 is 0. The minimum absolute atomic E-state index is 0.262. The first-order chi connectivity index (χ1) is 10.6. The maximum absolute atomic E-state index is 9.82. The van der Waals surface area contributed by atoms with Crippen LogP contribution < -0.4 is 0 Å². The van der Waals surface area contributed by atoms with Crippen LogP contribution in [0.15, 0.2) is 41.8 Å². The van der Waals surface area contributed by atoms with Gasteiger partial charge in [0.2, 0.25) is 0 Å². The van der Waals surface area contributed by atoms with Gasteiger partial charge in [-0.1, -0.05) is 50.5 Å². The lowest BCUT2D eigenvalue weighted by atomic mass is 9.83. The van der Waals surface area contributed by atoms with Gasteiger partial charge in [-0.15, -0.1) is 18.3 Å². The molecule has 0 bridgehead atoms. The summed E-state index contributed by atoms with van der Waals surface area (Å²) >= 11 is 1.84. The second-order valence-corrected chi connectivity index (χ2v) is 7.61. The molecule has 22 heavy (non-hydrogen) atoms. The second-order valence-electron chi connectivity index (χ2n) is 6.55. The number of fused-ring (bicyclic) bond motifs is 1. The normalized spacial score (nSPS) is 26.3. The van der Waals surface area contributed by atoms with E-state index in [0.717, 1.165) is 30.6 Å². The number of benzene rings is 1. The Morgan fingerprint density at radius 1 is 1.27 bits per heavy atom. The summed E-state index contributed by atoms with van der Waals surface area (Å²) in [6, 6.07) is 8.10. The van der Waals surface area contributed by atoms with Gasteiger partial charge in [0, 0.05) is 10.6 Å². The monoisotopic (exact) mass is 320 g/mol. The lowest BCUT2D eigenvalue weighted by Crippen LogP contribution is -2.30. The Balaban J connectivity index is 0.000000164. The molecule has 2 unspecified atom stereocenters. The molecule has 2 nitrogen and oxygen atoms in total. The Morgan fingerprint density at radius 2 is 1.95 bits per heavy atom. The van der Waals surface area contributed by atoms with Crippen molar-refractivity contribution >= 4 is 11.8 Å². The van der Waals surface area contributed by atoms with E-state index in [1.54, 1.807) is 0 Å². The summed E-state index contributed by atoms with van der Waals surface area (Å²) in [6.07, 6.45) is 7.94. The Labute approximate surface area is 138 Å². The molecule has 1 heterocycles. The SMILES string of the molecule is C=CCC1(O)CCCCC1.CC1CSc2ccccc2C1O. The zero-order valence-corrected chi connectivity index (χ0v) is 14.3. The van der Waals surface area contributed by atoms with Crippen LogP contribution >= 0.6 is 11.8 Å². The zero-order chi connectivity index (χ0) is 16.0. The fraction of sp³-hybridized carbons (Fsp3) is 0.579. The molecule has 1 aliphatic carbocycles. The molecule has 1 saturated carbocycles.